The van der Waals surface area contributed by atoms with Crippen molar-refractivity contribution in [2.45, 2.75) is 51.9 Å². The number of H-pyrrole nitrogens is 1. The summed E-state index contributed by atoms with van der Waals surface area (Å²) < 4.78 is 0. The van der Waals surface area contributed by atoms with Gasteiger partial charge in [-0.3, -0.25) is 9.59 Å². The number of fused-ring (bicyclic) bond motifs is 4. The van der Waals surface area contributed by atoms with Crippen molar-refractivity contribution in [3.05, 3.63) is 63.8 Å². The fourth-order valence-electron chi connectivity index (χ4n) is 6.24. The van der Waals surface area contributed by atoms with E-state index in [1.165, 1.54) is 17.7 Å². The second-order valence-corrected chi connectivity index (χ2v) is 11.0. The number of rotatable bonds is 3. The van der Waals surface area contributed by atoms with Crippen LogP contribution in [-0.2, 0) is 16.6 Å². The molecule has 2 aromatic carbocycles. The predicted molar refractivity (Wildman–Crippen MR) is 141 cm³/mol. The monoisotopic (exact) mass is 480 g/mol. The highest BCUT2D eigenvalue weighted by molar-refractivity contribution is 6.20. The van der Waals surface area contributed by atoms with Crippen LogP contribution in [0.15, 0.2) is 30.3 Å². The number of piperazine rings is 1. The molecular weight excluding hydrogens is 448 g/mol. The lowest BCUT2D eigenvalue weighted by Crippen LogP contribution is -2.51. The lowest BCUT2D eigenvalue weighted by Gasteiger charge is -2.41. The van der Waals surface area contributed by atoms with Crippen LogP contribution in [0.5, 0.6) is 0 Å². The van der Waals surface area contributed by atoms with Gasteiger partial charge in [0.25, 0.3) is 0 Å². The van der Waals surface area contributed by atoms with E-state index in [2.05, 4.69) is 48.9 Å². The molecule has 3 aromatic rings. The highest BCUT2D eigenvalue weighted by Crippen LogP contribution is 2.46. The number of carbonyl (C=O) groups is 2. The Labute approximate surface area is 211 Å². The maximum atomic E-state index is 13.9. The molecule has 6 rings (SSSR count). The average Bonchev–Trinajstić information content (AvgIpc) is 3.26. The van der Waals surface area contributed by atoms with Gasteiger partial charge in [0.05, 0.1) is 17.2 Å². The van der Waals surface area contributed by atoms with Crippen LogP contribution in [0.3, 0.4) is 0 Å². The van der Waals surface area contributed by atoms with Crippen molar-refractivity contribution in [3.63, 3.8) is 0 Å². The molecule has 2 aliphatic carbocycles. The van der Waals surface area contributed by atoms with E-state index in [1.807, 2.05) is 17.0 Å². The van der Waals surface area contributed by atoms with Gasteiger partial charge in [0.1, 0.15) is 0 Å². The molecule has 6 heteroatoms. The fraction of sp³-hybridized carbons (Fsp3) is 0.433. The minimum absolute atomic E-state index is 0.0486. The standard InChI is InChI=1S/C30H32N4O2/c1-4-19-15-22-23(16-25(19)33-10-12-34(13-11-33)29(36)20-6-5-7-20)30(2,3)28-26(27(22)35)21-9-8-18(17-31)14-24(21)32-28/h8-9,14-16,20,32H,4-7,10-13H2,1-3H3. The molecule has 1 saturated heterocycles. The third kappa shape index (κ3) is 3.29. The number of hydrogen-bond acceptors (Lipinski definition) is 4. The van der Waals surface area contributed by atoms with Gasteiger partial charge in [-0.2, -0.15) is 5.26 Å². The summed E-state index contributed by atoms with van der Waals surface area (Å²) in [4.78, 5) is 34.5. The molecule has 2 fully saturated rings. The van der Waals surface area contributed by atoms with Crippen molar-refractivity contribution < 1.29 is 9.59 Å². The van der Waals surface area contributed by atoms with E-state index in [4.69, 9.17) is 0 Å². The van der Waals surface area contributed by atoms with E-state index in [1.54, 1.807) is 6.07 Å². The third-order valence-electron chi connectivity index (χ3n) is 8.68. The molecule has 184 valence electrons. The summed E-state index contributed by atoms with van der Waals surface area (Å²) in [5, 5.41) is 10.2. The van der Waals surface area contributed by atoms with E-state index in [0.717, 1.165) is 78.7 Å². The average molecular weight is 481 g/mol. The number of ketones is 1. The normalized spacial score (nSPS) is 19.0. The van der Waals surface area contributed by atoms with E-state index in [9.17, 15) is 14.9 Å². The maximum Gasteiger partial charge on any atom is 0.225 e. The van der Waals surface area contributed by atoms with Gasteiger partial charge in [0, 0.05) is 65.4 Å². The number of benzene rings is 2. The molecule has 1 amide bonds. The van der Waals surface area contributed by atoms with Gasteiger partial charge in [-0.25, -0.2) is 0 Å². The number of hydrogen-bond donors (Lipinski definition) is 1. The van der Waals surface area contributed by atoms with Crippen LogP contribution in [-0.4, -0.2) is 47.8 Å². The van der Waals surface area contributed by atoms with Crippen molar-refractivity contribution in [2.75, 3.05) is 31.1 Å². The van der Waals surface area contributed by atoms with Crippen molar-refractivity contribution >= 4 is 28.3 Å². The Hall–Kier alpha value is -3.59. The molecule has 0 bridgehead atoms. The number of nitriles is 1. The van der Waals surface area contributed by atoms with Crippen molar-refractivity contribution in [2.24, 2.45) is 5.92 Å². The first-order chi connectivity index (χ1) is 17.3. The van der Waals surface area contributed by atoms with Gasteiger partial charge in [-0.05, 0) is 54.7 Å². The Morgan fingerprint density at radius 1 is 1.14 bits per heavy atom. The summed E-state index contributed by atoms with van der Waals surface area (Å²) in [5.74, 6) is 0.625. The second-order valence-electron chi connectivity index (χ2n) is 11.0. The van der Waals surface area contributed by atoms with Gasteiger partial charge in [-0.1, -0.05) is 33.3 Å². The molecule has 1 aliphatic heterocycles. The van der Waals surface area contributed by atoms with Crippen molar-refractivity contribution in [1.29, 1.82) is 5.26 Å². The quantitative estimate of drug-likeness (QED) is 0.577. The molecule has 2 heterocycles. The van der Waals surface area contributed by atoms with Crippen LogP contribution in [0.1, 0.15) is 78.3 Å². The zero-order valence-corrected chi connectivity index (χ0v) is 21.3. The Kier molecular flexibility index (Phi) is 5.22. The zero-order valence-electron chi connectivity index (χ0n) is 21.3. The first-order valence-electron chi connectivity index (χ1n) is 13.2. The summed E-state index contributed by atoms with van der Waals surface area (Å²) >= 11 is 0. The van der Waals surface area contributed by atoms with Gasteiger partial charge >= 0.3 is 0 Å². The topological polar surface area (TPSA) is 80.2 Å². The second kappa shape index (κ2) is 8.23. The number of carbonyl (C=O) groups excluding carboxylic acids is 2. The maximum absolute atomic E-state index is 13.9. The number of amides is 1. The zero-order chi connectivity index (χ0) is 25.2. The molecule has 6 nitrogen and oxygen atoms in total. The first kappa shape index (κ1) is 22.8. The highest BCUT2D eigenvalue weighted by Gasteiger charge is 2.41. The van der Waals surface area contributed by atoms with Crippen LogP contribution >= 0.6 is 0 Å². The summed E-state index contributed by atoms with van der Waals surface area (Å²) in [7, 11) is 0. The molecule has 0 unspecified atom stereocenters. The van der Waals surface area contributed by atoms with Crippen LogP contribution in [0, 0.1) is 17.2 Å². The number of anilines is 1. The van der Waals surface area contributed by atoms with Crippen molar-refractivity contribution in [1.82, 2.24) is 9.88 Å². The Morgan fingerprint density at radius 2 is 1.89 bits per heavy atom. The van der Waals surface area contributed by atoms with E-state index < -0.39 is 5.41 Å². The largest absolute Gasteiger partial charge is 0.368 e. The summed E-state index contributed by atoms with van der Waals surface area (Å²) in [6.07, 6.45) is 4.10. The smallest absolute Gasteiger partial charge is 0.225 e. The van der Waals surface area contributed by atoms with Gasteiger partial charge < -0.3 is 14.8 Å². The fourth-order valence-corrected chi connectivity index (χ4v) is 6.24. The number of nitrogens with one attached hydrogen (secondary N) is 1. The number of aromatic amines is 1. The summed E-state index contributed by atoms with van der Waals surface area (Å²) in [6.45, 7) is 9.61. The van der Waals surface area contributed by atoms with Gasteiger partial charge in [-0.15, -0.1) is 0 Å². The van der Waals surface area contributed by atoms with Gasteiger partial charge in [0.15, 0.2) is 5.78 Å². The minimum atomic E-state index is -0.395. The van der Waals surface area contributed by atoms with E-state index in [0.29, 0.717) is 11.5 Å². The molecule has 1 aromatic heterocycles. The Morgan fingerprint density at radius 3 is 2.53 bits per heavy atom. The summed E-state index contributed by atoms with van der Waals surface area (Å²) in [6, 6.07) is 12.0. The van der Waals surface area contributed by atoms with E-state index in [-0.39, 0.29) is 11.7 Å². The molecule has 0 radical (unpaired) electrons. The summed E-state index contributed by atoms with van der Waals surface area (Å²) in [5.41, 5.74) is 6.82. The number of aromatic nitrogens is 1. The molecule has 3 aliphatic rings. The molecule has 0 atom stereocenters. The first-order valence-corrected chi connectivity index (χ1v) is 13.2. The predicted octanol–water partition coefficient (Wildman–Crippen LogP) is 4.92. The van der Waals surface area contributed by atoms with Crippen LogP contribution < -0.4 is 4.90 Å². The Bertz CT molecular complexity index is 1450. The van der Waals surface area contributed by atoms with Crippen LogP contribution in [0.25, 0.3) is 10.9 Å². The van der Waals surface area contributed by atoms with Crippen LogP contribution in [0.4, 0.5) is 5.69 Å². The lowest BCUT2D eigenvalue weighted by atomic mass is 9.70. The Balaban J connectivity index is 1.37. The minimum Gasteiger partial charge on any atom is -0.368 e. The molecular formula is C30H32N4O2. The molecule has 36 heavy (non-hydrogen) atoms. The van der Waals surface area contributed by atoms with E-state index >= 15 is 0 Å². The van der Waals surface area contributed by atoms with Crippen LogP contribution in [0.2, 0.25) is 0 Å². The molecule has 0 spiro atoms. The third-order valence-corrected chi connectivity index (χ3v) is 8.68. The van der Waals surface area contributed by atoms with Crippen molar-refractivity contribution in [3.8, 4) is 6.07 Å². The highest BCUT2D eigenvalue weighted by atomic mass is 16.2. The number of nitrogens with zero attached hydrogens (tertiary/aromatic N) is 3. The molecule has 1 N–H and O–H groups in total. The SMILES string of the molecule is CCc1cc2c(cc1N1CCN(C(=O)C3CCC3)CC1)C(C)(C)c1[nH]c3cc(C#N)ccc3c1C2=O. The lowest BCUT2D eigenvalue weighted by molar-refractivity contribution is -0.138. The molecule has 1 saturated carbocycles. The number of aryl methyl sites for hydroxylation is 1. The van der Waals surface area contributed by atoms with Gasteiger partial charge in [0.2, 0.25) is 5.91 Å².